The van der Waals surface area contributed by atoms with Gasteiger partial charge in [0.05, 0.1) is 12.0 Å². The summed E-state index contributed by atoms with van der Waals surface area (Å²) in [4.78, 5) is 33.8. The Bertz CT molecular complexity index is 2060. The normalized spacial score (nSPS) is 14.0. The standard InChI is InChI=1S/C38H40N4O6S/c1-25-10-3-6-16-36(25)49(45,46)42-37(43)26-17-19-31(35(22-26)47-2)30(15-9-12-27-11-7-8-21-39-27)33-24-40-34-20-18-28(23-32(33)34)41-38(44)48-29-13-4-5-14-29/h3,6-8,10-11,16-24,29-30,40H,4-5,9,12-15H2,1-2H3,(H,41,44)(H,42,43). The summed E-state index contributed by atoms with van der Waals surface area (Å²) in [5.74, 6) is -0.486. The number of rotatable bonds is 12. The molecule has 0 saturated heterocycles. The van der Waals surface area contributed by atoms with Crippen LogP contribution in [-0.4, -0.2) is 43.6 Å². The first-order valence-corrected chi connectivity index (χ1v) is 18.0. The van der Waals surface area contributed by atoms with Crippen LogP contribution in [0.1, 0.15) is 77.2 Å². The van der Waals surface area contributed by atoms with Gasteiger partial charge in [-0.15, -0.1) is 0 Å². The molecule has 1 aliphatic rings. The van der Waals surface area contributed by atoms with Crippen LogP contribution in [0.2, 0.25) is 0 Å². The Hall–Kier alpha value is -5.16. The third kappa shape index (κ3) is 7.94. The van der Waals surface area contributed by atoms with Crippen LogP contribution in [0, 0.1) is 6.92 Å². The highest BCUT2D eigenvalue weighted by Crippen LogP contribution is 2.40. The number of amides is 2. The number of carbonyl (C=O) groups is 2. The smallest absolute Gasteiger partial charge is 0.411 e. The molecule has 3 N–H and O–H groups in total. The summed E-state index contributed by atoms with van der Waals surface area (Å²) >= 11 is 0. The number of methoxy groups -OCH3 is 1. The van der Waals surface area contributed by atoms with Crippen molar-refractivity contribution in [3.05, 3.63) is 119 Å². The van der Waals surface area contributed by atoms with Crippen molar-refractivity contribution in [2.75, 3.05) is 12.4 Å². The number of sulfonamides is 1. The second kappa shape index (κ2) is 14.9. The molecule has 0 spiro atoms. The van der Waals surface area contributed by atoms with E-state index in [0.29, 0.717) is 23.4 Å². The topological polar surface area (TPSA) is 139 Å². The number of aromatic amines is 1. The molecule has 1 aliphatic carbocycles. The average Bonchev–Trinajstić information content (AvgIpc) is 3.77. The number of carbonyl (C=O) groups excluding carboxylic acids is 2. The number of aromatic nitrogens is 2. The summed E-state index contributed by atoms with van der Waals surface area (Å²) in [5, 5.41) is 3.82. The van der Waals surface area contributed by atoms with E-state index in [9.17, 15) is 18.0 Å². The second-order valence-electron chi connectivity index (χ2n) is 12.4. The largest absolute Gasteiger partial charge is 0.496 e. The Kier molecular flexibility index (Phi) is 10.3. The Labute approximate surface area is 286 Å². The minimum absolute atomic E-state index is 0.0416. The van der Waals surface area contributed by atoms with E-state index in [-0.39, 0.29) is 22.5 Å². The molecule has 2 aromatic heterocycles. The van der Waals surface area contributed by atoms with Crippen molar-refractivity contribution in [2.24, 2.45) is 0 Å². The van der Waals surface area contributed by atoms with Crippen molar-refractivity contribution in [3.63, 3.8) is 0 Å². The maximum Gasteiger partial charge on any atom is 0.411 e. The predicted molar refractivity (Wildman–Crippen MR) is 189 cm³/mol. The van der Waals surface area contributed by atoms with Gasteiger partial charge in [-0.25, -0.2) is 17.9 Å². The number of nitrogens with one attached hydrogen (secondary N) is 3. The lowest BCUT2D eigenvalue weighted by Gasteiger charge is -2.21. The van der Waals surface area contributed by atoms with Gasteiger partial charge in [0.15, 0.2) is 0 Å². The van der Waals surface area contributed by atoms with Gasteiger partial charge in [0, 0.05) is 51.7 Å². The third-order valence-electron chi connectivity index (χ3n) is 9.04. The molecular formula is C38H40N4O6S. The van der Waals surface area contributed by atoms with Gasteiger partial charge in [-0.2, -0.15) is 0 Å². The highest BCUT2D eigenvalue weighted by Gasteiger charge is 2.26. The van der Waals surface area contributed by atoms with Crippen molar-refractivity contribution in [1.82, 2.24) is 14.7 Å². The van der Waals surface area contributed by atoms with Gasteiger partial charge >= 0.3 is 6.09 Å². The van der Waals surface area contributed by atoms with Crippen LogP contribution in [0.5, 0.6) is 5.75 Å². The quantitative estimate of drug-likeness (QED) is 0.123. The molecular weight excluding hydrogens is 641 g/mol. The first kappa shape index (κ1) is 33.7. The van der Waals surface area contributed by atoms with Crippen LogP contribution in [0.4, 0.5) is 10.5 Å². The van der Waals surface area contributed by atoms with E-state index >= 15 is 0 Å². The van der Waals surface area contributed by atoms with Crippen molar-refractivity contribution in [2.45, 2.75) is 68.8 Å². The van der Waals surface area contributed by atoms with E-state index in [0.717, 1.165) is 66.2 Å². The maximum atomic E-state index is 13.3. The number of fused-ring (bicyclic) bond motifs is 1. The van der Waals surface area contributed by atoms with Crippen molar-refractivity contribution in [3.8, 4) is 5.75 Å². The summed E-state index contributed by atoms with van der Waals surface area (Å²) in [6.07, 6.45) is 9.44. The monoisotopic (exact) mass is 680 g/mol. The van der Waals surface area contributed by atoms with E-state index in [1.165, 1.54) is 13.2 Å². The second-order valence-corrected chi connectivity index (χ2v) is 14.0. The number of hydrogen-bond donors (Lipinski definition) is 3. The molecule has 0 aliphatic heterocycles. The molecule has 1 atom stereocenters. The van der Waals surface area contributed by atoms with Crippen LogP contribution in [-0.2, 0) is 21.2 Å². The Morgan fingerprint density at radius 1 is 0.980 bits per heavy atom. The average molecular weight is 681 g/mol. The van der Waals surface area contributed by atoms with Crippen molar-refractivity contribution >= 4 is 38.6 Å². The number of aryl methyl sites for hydroxylation is 2. The fourth-order valence-electron chi connectivity index (χ4n) is 6.56. The zero-order chi connectivity index (χ0) is 34.4. The van der Waals surface area contributed by atoms with E-state index in [2.05, 4.69) is 20.0 Å². The SMILES string of the molecule is COc1cc(C(=O)NS(=O)(=O)c2ccccc2C)ccc1C(CCCc1ccccn1)c1c[nH]c2ccc(NC(=O)OC3CCCC3)cc12. The van der Waals surface area contributed by atoms with Crippen LogP contribution in [0.25, 0.3) is 10.9 Å². The number of H-pyrrole nitrogens is 1. The van der Waals surface area contributed by atoms with Crippen LogP contribution >= 0.6 is 0 Å². The highest BCUT2D eigenvalue weighted by atomic mass is 32.2. The maximum absolute atomic E-state index is 13.3. The first-order valence-electron chi connectivity index (χ1n) is 16.5. The van der Waals surface area contributed by atoms with E-state index in [1.54, 1.807) is 43.5 Å². The molecule has 3 aromatic carbocycles. The van der Waals surface area contributed by atoms with Crippen LogP contribution in [0.15, 0.2) is 96.2 Å². The number of anilines is 1. The molecule has 0 radical (unpaired) electrons. The Balaban J connectivity index is 1.30. The summed E-state index contributed by atoms with van der Waals surface area (Å²) < 4.78 is 39.8. The molecule has 49 heavy (non-hydrogen) atoms. The van der Waals surface area contributed by atoms with Crippen LogP contribution < -0.4 is 14.8 Å². The Morgan fingerprint density at radius 2 is 1.78 bits per heavy atom. The molecule has 10 nitrogen and oxygen atoms in total. The molecule has 0 bridgehead atoms. The lowest BCUT2D eigenvalue weighted by molar-refractivity contribution is 0.0980. The molecule has 1 unspecified atom stereocenters. The Morgan fingerprint density at radius 3 is 2.53 bits per heavy atom. The molecule has 254 valence electrons. The van der Waals surface area contributed by atoms with Gasteiger partial charge in [0.2, 0.25) is 0 Å². The van der Waals surface area contributed by atoms with Gasteiger partial charge in [0.1, 0.15) is 11.9 Å². The van der Waals surface area contributed by atoms with Gasteiger partial charge in [-0.3, -0.25) is 15.1 Å². The van der Waals surface area contributed by atoms with Gasteiger partial charge in [0.25, 0.3) is 15.9 Å². The van der Waals surface area contributed by atoms with Gasteiger partial charge < -0.3 is 14.5 Å². The summed E-state index contributed by atoms with van der Waals surface area (Å²) in [6.45, 7) is 1.68. The zero-order valence-corrected chi connectivity index (χ0v) is 28.4. The molecule has 11 heteroatoms. The minimum atomic E-state index is -4.09. The fourth-order valence-corrected chi connectivity index (χ4v) is 7.78. The number of nitrogens with zero attached hydrogens (tertiary/aromatic N) is 1. The fraction of sp³-hybridized carbons (Fsp3) is 0.289. The zero-order valence-electron chi connectivity index (χ0n) is 27.6. The van der Waals surface area contributed by atoms with E-state index in [4.69, 9.17) is 9.47 Å². The highest BCUT2D eigenvalue weighted by molar-refractivity contribution is 7.90. The summed E-state index contributed by atoms with van der Waals surface area (Å²) in [6, 6.07) is 23.1. The first-order chi connectivity index (χ1) is 23.7. The third-order valence-corrected chi connectivity index (χ3v) is 10.5. The van der Waals surface area contributed by atoms with Crippen molar-refractivity contribution < 1.29 is 27.5 Å². The molecule has 6 rings (SSSR count). The summed E-state index contributed by atoms with van der Waals surface area (Å²) in [5.41, 5.74) is 5.01. The lowest BCUT2D eigenvalue weighted by atomic mass is 9.85. The number of hydrogen-bond acceptors (Lipinski definition) is 7. The van der Waals surface area contributed by atoms with E-state index < -0.39 is 22.0 Å². The number of benzene rings is 3. The summed E-state index contributed by atoms with van der Waals surface area (Å²) in [7, 11) is -2.56. The molecule has 2 heterocycles. The number of ether oxygens (including phenoxy) is 2. The lowest BCUT2D eigenvalue weighted by Crippen LogP contribution is -2.31. The predicted octanol–water partition coefficient (Wildman–Crippen LogP) is 7.64. The van der Waals surface area contributed by atoms with Crippen molar-refractivity contribution in [1.29, 1.82) is 0 Å². The number of pyridine rings is 1. The molecule has 1 fully saturated rings. The minimum Gasteiger partial charge on any atom is -0.496 e. The molecule has 1 saturated carbocycles. The molecule has 2 amide bonds. The van der Waals surface area contributed by atoms with E-state index in [1.807, 2.05) is 48.7 Å². The van der Waals surface area contributed by atoms with Gasteiger partial charge in [-0.1, -0.05) is 30.3 Å². The van der Waals surface area contributed by atoms with Gasteiger partial charge in [-0.05, 0) is 112 Å². The molecule has 5 aromatic rings. The van der Waals surface area contributed by atoms with Crippen LogP contribution in [0.3, 0.4) is 0 Å².